The average Bonchev–Trinajstić information content (AvgIpc) is 2.43. The van der Waals surface area contributed by atoms with Gasteiger partial charge in [0.25, 0.3) is 0 Å². The summed E-state index contributed by atoms with van der Waals surface area (Å²) in [6.45, 7) is 0. The van der Waals surface area contributed by atoms with Crippen molar-refractivity contribution in [3.05, 3.63) is 69.8 Å². The molecule has 0 radical (unpaired) electrons. The maximum Gasteiger partial charge on any atom is 0.335 e. The number of hydrogen-bond acceptors (Lipinski definition) is 2. The minimum absolute atomic E-state index is 0.326. The maximum atomic E-state index is 11.0. The Hall–Kier alpha value is -2.42. The third kappa shape index (κ3) is 2.03. The molecule has 0 spiro atoms. The third-order valence-electron chi connectivity index (χ3n) is 3.58. The molecular formula is C16H12O3. The van der Waals surface area contributed by atoms with Crippen LogP contribution in [0.5, 0.6) is 0 Å². The molecule has 0 heterocycles. The molecule has 0 fully saturated rings. The minimum Gasteiger partial charge on any atom is -0.478 e. The normalized spacial score (nSPS) is 12.4. The van der Waals surface area contributed by atoms with E-state index in [-0.39, 0.29) is 0 Å². The fourth-order valence-electron chi connectivity index (χ4n) is 2.56. The Kier molecular flexibility index (Phi) is 2.67. The summed E-state index contributed by atoms with van der Waals surface area (Å²) < 4.78 is 0. The molecule has 1 aliphatic carbocycles. The van der Waals surface area contributed by atoms with E-state index < -0.39 is 5.97 Å². The van der Waals surface area contributed by atoms with Gasteiger partial charge in [-0.3, -0.25) is 4.79 Å². The highest BCUT2D eigenvalue weighted by Gasteiger charge is 2.17. The summed E-state index contributed by atoms with van der Waals surface area (Å²) in [5.41, 5.74) is 5.53. The number of aldehydes is 1. The van der Waals surface area contributed by atoms with Crippen molar-refractivity contribution in [3.8, 4) is 0 Å². The number of rotatable bonds is 2. The second-order valence-electron chi connectivity index (χ2n) is 4.79. The van der Waals surface area contributed by atoms with Crippen LogP contribution in [0.1, 0.15) is 43.0 Å². The van der Waals surface area contributed by atoms with Gasteiger partial charge in [0.05, 0.1) is 5.56 Å². The number of carbonyl (C=O) groups is 2. The van der Waals surface area contributed by atoms with Crippen LogP contribution in [-0.2, 0) is 12.8 Å². The van der Waals surface area contributed by atoms with Crippen molar-refractivity contribution >= 4 is 12.3 Å². The highest BCUT2D eigenvalue weighted by atomic mass is 16.4. The van der Waals surface area contributed by atoms with Gasteiger partial charge in [0, 0.05) is 5.56 Å². The summed E-state index contributed by atoms with van der Waals surface area (Å²) in [5, 5.41) is 9.01. The molecule has 94 valence electrons. The molecule has 2 aromatic rings. The molecule has 2 aromatic carbocycles. The van der Waals surface area contributed by atoms with Crippen molar-refractivity contribution in [1.29, 1.82) is 0 Å². The van der Waals surface area contributed by atoms with Gasteiger partial charge in [0.1, 0.15) is 6.29 Å². The molecule has 0 saturated carbocycles. The summed E-state index contributed by atoms with van der Waals surface area (Å²) in [7, 11) is 0. The predicted octanol–water partition coefficient (Wildman–Crippen LogP) is 2.69. The molecule has 19 heavy (non-hydrogen) atoms. The molecule has 1 aliphatic rings. The number of carboxylic acids is 1. The lowest BCUT2D eigenvalue weighted by atomic mass is 9.84. The topological polar surface area (TPSA) is 54.4 Å². The molecule has 0 aromatic heterocycles. The summed E-state index contributed by atoms with van der Waals surface area (Å²) in [6.07, 6.45) is 2.33. The van der Waals surface area contributed by atoms with Crippen molar-refractivity contribution in [1.82, 2.24) is 0 Å². The first-order valence-electron chi connectivity index (χ1n) is 6.09. The minimum atomic E-state index is -0.898. The van der Waals surface area contributed by atoms with Crippen molar-refractivity contribution in [2.75, 3.05) is 0 Å². The van der Waals surface area contributed by atoms with Crippen LogP contribution < -0.4 is 0 Å². The second kappa shape index (κ2) is 4.35. The summed E-state index contributed by atoms with van der Waals surface area (Å²) in [4.78, 5) is 21.8. The zero-order chi connectivity index (χ0) is 13.4. The smallest absolute Gasteiger partial charge is 0.335 e. The monoisotopic (exact) mass is 252 g/mol. The fourth-order valence-corrected chi connectivity index (χ4v) is 2.56. The van der Waals surface area contributed by atoms with Crippen LogP contribution in [0.25, 0.3) is 0 Å². The Bertz CT molecular complexity index is 686. The lowest BCUT2D eigenvalue weighted by Crippen LogP contribution is -2.09. The summed E-state index contributed by atoms with van der Waals surface area (Å²) in [5.74, 6) is -0.898. The van der Waals surface area contributed by atoms with E-state index in [2.05, 4.69) is 0 Å². The number of benzene rings is 2. The van der Waals surface area contributed by atoms with Crippen LogP contribution in [0.15, 0.2) is 36.4 Å². The number of hydrogen-bond donors (Lipinski definition) is 1. The van der Waals surface area contributed by atoms with E-state index in [1.807, 2.05) is 18.2 Å². The Balaban J connectivity index is 2.03. The molecular weight excluding hydrogens is 240 g/mol. The maximum absolute atomic E-state index is 11.0. The van der Waals surface area contributed by atoms with E-state index in [4.69, 9.17) is 5.11 Å². The van der Waals surface area contributed by atoms with Crippen LogP contribution in [0.3, 0.4) is 0 Å². The fraction of sp³-hybridized carbons (Fsp3) is 0.125. The Labute approximate surface area is 110 Å². The quantitative estimate of drug-likeness (QED) is 0.713. The lowest BCUT2D eigenvalue weighted by Gasteiger charge is -2.20. The molecule has 0 aliphatic heterocycles. The van der Waals surface area contributed by atoms with Gasteiger partial charge in [-0.25, -0.2) is 4.79 Å². The largest absolute Gasteiger partial charge is 0.478 e. The van der Waals surface area contributed by atoms with Crippen LogP contribution in [-0.4, -0.2) is 17.4 Å². The molecule has 0 atom stereocenters. The van der Waals surface area contributed by atoms with Gasteiger partial charge in [-0.05, 0) is 53.3 Å². The summed E-state index contributed by atoms with van der Waals surface area (Å²) in [6, 6.07) is 10.9. The molecule has 0 bridgehead atoms. The van der Waals surface area contributed by atoms with Crippen molar-refractivity contribution in [2.45, 2.75) is 12.8 Å². The first-order valence-corrected chi connectivity index (χ1v) is 6.09. The van der Waals surface area contributed by atoms with Crippen LogP contribution >= 0.6 is 0 Å². The Morgan fingerprint density at radius 2 is 1.58 bits per heavy atom. The van der Waals surface area contributed by atoms with Crippen LogP contribution in [0.4, 0.5) is 0 Å². The second-order valence-corrected chi connectivity index (χ2v) is 4.79. The Morgan fingerprint density at radius 3 is 2.21 bits per heavy atom. The molecule has 3 rings (SSSR count). The van der Waals surface area contributed by atoms with Gasteiger partial charge in [0.2, 0.25) is 0 Å². The van der Waals surface area contributed by atoms with Crippen LogP contribution in [0, 0.1) is 0 Å². The van der Waals surface area contributed by atoms with Gasteiger partial charge in [-0.2, -0.15) is 0 Å². The highest BCUT2D eigenvalue weighted by Crippen LogP contribution is 2.28. The van der Waals surface area contributed by atoms with Crippen molar-refractivity contribution in [3.63, 3.8) is 0 Å². The van der Waals surface area contributed by atoms with Gasteiger partial charge in [0.15, 0.2) is 0 Å². The highest BCUT2D eigenvalue weighted by molar-refractivity contribution is 5.88. The van der Waals surface area contributed by atoms with E-state index in [1.165, 1.54) is 5.56 Å². The van der Waals surface area contributed by atoms with Gasteiger partial charge >= 0.3 is 5.97 Å². The van der Waals surface area contributed by atoms with E-state index in [0.29, 0.717) is 11.1 Å². The van der Waals surface area contributed by atoms with Crippen molar-refractivity contribution < 1.29 is 14.7 Å². The number of aromatic carboxylic acids is 1. The zero-order valence-corrected chi connectivity index (χ0v) is 10.2. The first-order chi connectivity index (χ1) is 9.17. The number of carboxylic acid groups (broad SMARTS) is 1. The molecule has 3 heteroatoms. The first kappa shape index (κ1) is 11.7. The molecule has 3 nitrogen and oxygen atoms in total. The van der Waals surface area contributed by atoms with E-state index in [9.17, 15) is 9.59 Å². The van der Waals surface area contributed by atoms with E-state index >= 15 is 0 Å². The average molecular weight is 252 g/mol. The molecule has 0 saturated heterocycles. The van der Waals surface area contributed by atoms with Gasteiger partial charge < -0.3 is 5.11 Å². The molecule has 0 amide bonds. The van der Waals surface area contributed by atoms with Gasteiger partial charge in [-0.1, -0.05) is 18.2 Å². The molecule has 1 N–H and O–H groups in total. The summed E-state index contributed by atoms with van der Waals surface area (Å²) >= 11 is 0. The SMILES string of the molecule is O=Cc1ccc2c(c1)Cc1ccc(C(=O)O)cc1C2. The van der Waals surface area contributed by atoms with E-state index in [1.54, 1.807) is 18.2 Å². The zero-order valence-electron chi connectivity index (χ0n) is 10.2. The molecule has 0 unspecified atom stereocenters. The van der Waals surface area contributed by atoms with Crippen molar-refractivity contribution in [2.24, 2.45) is 0 Å². The number of fused-ring (bicyclic) bond motifs is 2. The predicted molar refractivity (Wildman–Crippen MR) is 70.8 cm³/mol. The van der Waals surface area contributed by atoms with Crippen LogP contribution in [0.2, 0.25) is 0 Å². The Morgan fingerprint density at radius 1 is 0.947 bits per heavy atom. The van der Waals surface area contributed by atoms with E-state index in [0.717, 1.165) is 35.8 Å². The number of carbonyl (C=O) groups excluding carboxylic acids is 1. The van der Waals surface area contributed by atoms with Gasteiger partial charge in [-0.15, -0.1) is 0 Å². The standard InChI is InChI=1S/C16H12O3/c17-9-10-1-2-11-7-15-8-13(16(18)19)4-3-12(15)6-14(11)5-10/h1-5,8-9H,6-7H2,(H,18,19). The lowest BCUT2D eigenvalue weighted by molar-refractivity contribution is 0.0696. The third-order valence-corrected chi connectivity index (χ3v) is 3.58.